The number of nitrogens with one attached hydrogen (secondary N) is 1. The molecule has 0 heterocycles. The molecule has 67 heavy (non-hydrogen) atoms. The molecule has 3 unspecified atom stereocenters. The highest BCUT2D eigenvalue weighted by atomic mass is 16.3. The highest BCUT2D eigenvalue weighted by molar-refractivity contribution is 5.80. The van der Waals surface area contributed by atoms with Crippen molar-refractivity contribution in [2.24, 2.45) is 0 Å². The molecule has 0 bridgehead atoms. The van der Waals surface area contributed by atoms with Crippen LogP contribution in [0.25, 0.3) is 0 Å². The van der Waals surface area contributed by atoms with Gasteiger partial charge in [0.05, 0.1) is 18.8 Å². The molecule has 5 nitrogen and oxygen atoms in total. The van der Waals surface area contributed by atoms with Gasteiger partial charge < -0.3 is 20.6 Å². The summed E-state index contributed by atoms with van der Waals surface area (Å²) in [5.41, 5.74) is 0. The Labute approximate surface area is 421 Å². The van der Waals surface area contributed by atoms with Crippen molar-refractivity contribution in [3.63, 3.8) is 0 Å². The van der Waals surface area contributed by atoms with Crippen LogP contribution in [0.2, 0.25) is 0 Å². The van der Waals surface area contributed by atoms with Gasteiger partial charge in [-0.1, -0.05) is 354 Å². The van der Waals surface area contributed by atoms with E-state index < -0.39 is 24.2 Å². The summed E-state index contributed by atoms with van der Waals surface area (Å²) in [6, 6.07) is -0.708. The van der Waals surface area contributed by atoms with Gasteiger partial charge in [-0.15, -0.1) is 0 Å². The second-order valence-electron chi connectivity index (χ2n) is 22.0. The maximum Gasteiger partial charge on any atom is 0.249 e. The van der Waals surface area contributed by atoms with E-state index >= 15 is 0 Å². The van der Waals surface area contributed by atoms with Crippen molar-refractivity contribution in [1.29, 1.82) is 0 Å². The van der Waals surface area contributed by atoms with E-state index in [1.807, 2.05) is 0 Å². The van der Waals surface area contributed by atoms with Gasteiger partial charge in [-0.2, -0.15) is 0 Å². The van der Waals surface area contributed by atoms with Crippen LogP contribution in [0.5, 0.6) is 0 Å². The average Bonchev–Trinajstić information content (AvgIpc) is 3.33. The number of aliphatic hydroxyl groups excluding tert-OH is 3. The molecule has 0 radical (unpaired) electrons. The third-order valence-corrected chi connectivity index (χ3v) is 15.2. The van der Waals surface area contributed by atoms with E-state index in [1.54, 1.807) is 0 Å². The first-order valence-electron chi connectivity index (χ1n) is 31.3. The highest BCUT2D eigenvalue weighted by Gasteiger charge is 2.23. The average molecular weight is 949 g/mol. The molecule has 0 aliphatic heterocycles. The first-order valence-corrected chi connectivity index (χ1v) is 31.3. The molecule has 5 heteroatoms. The lowest BCUT2D eigenvalue weighted by Crippen LogP contribution is -2.49. The molecule has 0 aliphatic carbocycles. The van der Waals surface area contributed by atoms with Crippen molar-refractivity contribution in [3.05, 3.63) is 0 Å². The van der Waals surface area contributed by atoms with Crippen molar-refractivity contribution >= 4 is 5.91 Å². The molecular weight excluding hydrogens is 823 g/mol. The van der Waals surface area contributed by atoms with Crippen LogP contribution >= 0.6 is 0 Å². The van der Waals surface area contributed by atoms with Crippen LogP contribution in [-0.4, -0.2) is 46.1 Å². The van der Waals surface area contributed by atoms with Crippen LogP contribution in [0, 0.1) is 0 Å². The van der Waals surface area contributed by atoms with Crippen LogP contribution < -0.4 is 5.32 Å². The zero-order valence-electron chi connectivity index (χ0n) is 46.1. The molecule has 0 aromatic carbocycles. The largest absolute Gasteiger partial charge is 0.394 e. The fourth-order valence-electron chi connectivity index (χ4n) is 10.4. The van der Waals surface area contributed by atoms with Crippen molar-refractivity contribution in [1.82, 2.24) is 5.32 Å². The van der Waals surface area contributed by atoms with E-state index in [-0.39, 0.29) is 6.61 Å². The van der Waals surface area contributed by atoms with E-state index in [1.165, 1.54) is 308 Å². The maximum absolute atomic E-state index is 12.6. The molecule has 0 fully saturated rings. The standard InChI is InChI=1S/C62H125NO4/c1-3-5-7-9-11-13-15-17-19-21-23-25-27-29-30-31-33-35-37-39-41-43-45-47-49-51-53-55-57-61(66)62(67)63-59(58-64)60(65)56-54-52-50-48-46-44-42-40-38-36-34-32-28-26-24-22-20-18-16-14-12-10-8-6-4-2/h59-61,64-66H,3-58H2,1-2H3,(H,63,67). The Hall–Kier alpha value is -0.650. The fraction of sp³-hybridized carbons (Fsp3) is 0.984. The van der Waals surface area contributed by atoms with Crippen LogP contribution in [0.3, 0.4) is 0 Å². The minimum Gasteiger partial charge on any atom is -0.394 e. The second kappa shape index (κ2) is 57.9. The Morgan fingerprint density at radius 3 is 0.672 bits per heavy atom. The lowest BCUT2D eigenvalue weighted by molar-refractivity contribution is -0.131. The van der Waals surface area contributed by atoms with Crippen LogP contribution in [-0.2, 0) is 4.79 Å². The zero-order valence-corrected chi connectivity index (χ0v) is 46.1. The van der Waals surface area contributed by atoms with Crippen molar-refractivity contribution in [2.45, 2.75) is 385 Å². The third-order valence-electron chi connectivity index (χ3n) is 15.2. The van der Waals surface area contributed by atoms with Gasteiger partial charge in [-0.05, 0) is 12.8 Å². The van der Waals surface area contributed by atoms with E-state index in [9.17, 15) is 20.1 Å². The molecular formula is C62H125NO4. The lowest BCUT2D eigenvalue weighted by atomic mass is 10.0. The monoisotopic (exact) mass is 948 g/mol. The summed E-state index contributed by atoms with van der Waals surface area (Å²) in [7, 11) is 0. The number of hydrogen-bond donors (Lipinski definition) is 4. The van der Waals surface area contributed by atoms with E-state index in [0.717, 1.165) is 32.1 Å². The third kappa shape index (κ3) is 53.0. The first kappa shape index (κ1) is 66.3. The predicted octanol–water partition coefficient (Wildman–Crippen LogP) is 19.7. The SMILES string of the molecule is CCCCCCCCCCCCCCCCCCCCCCCCCCCCCCC(O)C(=O)NC(CO)C(O)CCCCCCCCCCCCCCCCCCCCCCCCCCC. The Bertz CT molecular complexity index is 914. The van der Waals surface area contributed by atoms with Gasteiger partial charge in [-0.3, -0.25) is 4.79 Å². The summed E-state index contributed by atoms with van der Waals surface area (Å²) in [4.78, 5) is 12.6. The molecule has 0 aliphatic rings. The number of amides is 1. The van der Waals surface area contributed by atoms with Gasteiger partial charge in [0.2, 0.25) is 5.91 Å². The number of unbranched alkanes of at least 4 members (excludes halogenated alkanes) is 51. The van der Waals surface area contributed by atoms with Gasteiger partial charge in [0.1, 0.15) is 6.10 Å². The topological polar surface area (TPSA) is 89.8 Å². The van der Waals surface area contributed by atoms with Gasteiger partial charge in [0, 0.05) is 0 Å². The summed E-state index contributed by atoms with van der Waals surface area (Å²) in [6.07, 6.45) is 71.8. The normalized spacial score (nSPS) is 13.1. The van der Waals surface area contributed by atoms with Crippen LogP contribution in [0.15, 0.2) is 0 Å². The Morgan fingerprint density at radius 1 is 0.299 bits per heavy atom. The minimum atomic E-state index is -1.07. The first-order chi connectivity index (χ1) is 33.1. The fourth-order valence-corrected chi connectivity index (χ4v) is 10.4. The number of carbonyl (C=O) groups excluding carboxylic acids is 1. The molecule has 3 atom stereocenters. The van der Waals surface area contributed by atoms with Gasteiger partial charge in [0.15, 0.2) is 0 Å². The summed E-state index contributed by atoms with van der Waals surface area (Å²) in [6.45, 7) is 4.29. The number of hydrogen-bond acceptors (Lipinski definition) is 4. The molecule has 0 aromatic heterocycles. The molecule has 402 valence electrons. The van der Waals surface area contributed by atoms with Crippen molar-refractivity contribution in [2.75, 3.05) is 6.61 Å². The summed E-state index contributed by atoms with van der Waals surface area (Å²) in [5.74, 6) is -0.460. The Balaban J connectivity index is 3.46. The maximum atomic E-state index is 12.6. The van der Waals surface area contributed by atoms with Crippen LogP contribution in [0.4, 0.5) is 0 Å². The molecule has 1 amide bonds. The predicted molar refractivity (Wildman–Crippen MR) is 296 cm³/mol. The molecule has 0 aromatic rings. The van der Waals surface area contributed by atoms with Gasteiger partial charge in [-0.25, -0.2) is 0 Å². The van der Waals surface area contributed by atoms with E-state index in [0.29, 0.717) is 12.8 Å². The van der Waals surface area contributed by atoms with Crippen LogP contribution in [0.1, 0.15) is 367 Å². The van der Waals surface area contributed by atoms with Crippen molar-refractivity contribution in [3.8, 4) is 0 Å². The van der Waals surface area contributed by atoms with Gasteiger partial charge >= 0.3 is 0 Å². The number of aliphatic hydroxyl groups is 3. The molecule has 0 saturated heterocycles. The summed E-state index contributed by atoms with van der Waals surface area (Å²) < 4.78 is 0. The quantitative estimate of drug-likeness (QED) is 0.0457. The Kier molecular flexibility index (Phi) is 57.4. The number of carbonyl (C=O) groups is 1. The second-order valence-corrected chi connectivity index (χ2v) is 22.0. The Morgan fingerprint density at radius 2 is 0.478 bits per heavy atom. The van der Waals surface area contributed by atoms with E-state index in [4.69, 9.17) is 0 Å². The number of rotatable bonds is 59. The van der Waals surface area contributed by atoms with Crippen molar-refractivity contribution < 1.29 is 20.1 Å². The summed E-state index contributed by atoms with van der Waals surface area (Å²) >= 11 is 0. The lowest BCUT2D eigenvalue weighted by Gasteiger charge is -2.23. The molecule has 0 rings (SSSR count). The van der Waals surface area contributed by atoms with E-state index in [2.05, 4.69) is 19.2 Å². The minimum absolute atomic E-state index is 0.307. The highest BCUT2D eigenvalue weighted by Crippen LogP contribution is 2.19. The molecule has 0 spiro atoms. The van der Waals surface area contributed by atoms with Gasteiger partial charge in [0.25, 0.3) is 0 Å². The molecule has 0 saturated carbocycles. The zero-order chi connectivity index (χ0) is 48.6. The summed E-state index contributed by atoms with van der Waals surface area (Å²) in [5, 5.41) is 33.7. The molecule has 4 N–H and O–H groups in total. The smallest absolute Gasteiger partial charge is 0.249 e.